The highest BCUT2D eigenvalue weighted by Crippen LogP contribution is 2.42. The minimum Gasteiger partial charge on any atom is -0.453 e. The van der Waals surface area contributed by atoms with Crippen LogP contribution in [0.1, 0.15) is 48.9 Å². The van der Waals surface area contributed by atoms with E-state index in [1.54, 1.807) is 10.6 Å². The second kappa shape index (κ2) is 11.0. The Kier molecular flexibility index (Phi) is 7.50. The first-order valence-corrected chi connectivity index (χ1v) is 15.2. The van der Waals surface area contributed by atoms with Crippen LogP contribution in [0.25, 0.3) is 10.9 Å². The fraction of sp³-hybridized carbons (Fsp3) is 0.464. The average Bonchev–Trinajstić information content (AvgIpc) is 3.59. The van der Waals surface area contributed by atoms with E-state index in [-0.39, 0.29) is 46.0 Å². The van der Waals surface area contributed by atoms with E-state index in [1.165, 1.54) is 31.6 Å². The molecule has 4 heterocycles. The number of aromatic nitrogens is 2. The third-order valence-corrected chi connectivity index (χ3v) is 9.63. The smallest absolute Gasteiger partial charge is 0.277 e. The first-order chi connectivity index (χ1) is 20.1. The van der Waals surface area contributed by atoms with Crippen LogP contribution in [0.15, 0.2) is 41.5 Å². The first kappa shape index (κ1) is 28.7. The van der Waals surface area contributed by atoms with Crippen molar-refractivity contribution in [1.29, 1.82) is 5.26 Å². The number of nitrogens with one attached hydrogen (secondary N) is 1. The van der Waals surface area contributed by atoms with Gasteiger partial charge in [-0.1, -0.05) is 6.07 Å². The van der Waals surface area contributed by atoms with Crippen LogP contribution in [0.4, 0.5) is 4.39 Å². The molecule has 1 spiro atoms. The molecule has 2 unspecified atom stereocenters. The normalized spacial score (nSPS) is 24.3. The topological polar surface area (TPSA) is 162 Å². The summed E-state index contributed by atoms with van der Waals surface area (Å²) < 4.78 is 59.9. The molecular formula is C28H31FN6O6S. The number of benzene rings is 2. The molecule has 12 nitrogen and oxygen atoms in total. The lowest BCUT2D eigenvalue weighted by atomic mass is 9.88. The van der Waals surface area contributed by atoms with E-state index in [4.69, 9.17) is 19.3 Å². The number of methoxy groups -OCH3 is 1. The van der Waals surface area contributed by atoms with Crippen LogP contribution >= 0.6 is 0 Å². The largest absolute Gasteiger partial charge is 0.453 e. The third kappa shape index (κ3) is 5.06. The molecule has 3 aromatic rings. The van der Waals surface area contributed by atoms with E-state index in [9.17, 15) is 18.5 Å². The molecule has 222 valence electrons. The van der Waals surface area contributed by atoms with Gasteiger partial charge in [0.1, 0.15) is 17.4 Å². The number of ether oxygens (including phenoxy) is 3. The molecule has 14 heteroatoms. The van der Waals surface area contributed by atoms with Gasteiger partial charge >= 0.3 is 0 Å². The van der Waals surface area contributed by atoms with Gasteiger partial charge in [0.2, 0.25) is 0 Å². The average molecular weight is 599 g/mol. The zero-order valence-corrected chi connectivity index (χ0v) is 23.8. The standard InChI is InChI=1S/C28H31FN6O6S/c1-39-24-6-11-35(42(31,37)38)25(24)19-3-4-22(29)26(21(19)14-30)41-18-2-5-23-20(12-18)27(36)34(16-33-23)17-13-28(40-15-17)7-9-32-10-8-28/h2-5,12,16-17,24-25,32H,6-11,13,15H2,1H3,(H2,31,37,38)/t17-,24?,25?/m1/s1. The predicted octanol–water partition coefficient (Wildman–Crippen LogP) is 2.25. The lowest BCUT2D eigenvalue weighted by Gasteiger charge is -2.32. The van der Waals surface area contributed by atoms with Crippen molar-refractivity contribution in [3.8, 4) is 17.6 Å². The van der Waals surface area contributed by atoms with Crippen molar-refractivity contribution in [1.82, 2.24) is 19.2 Å². The Hall–Kier alpha value is -3.45. The maximum atomic E-state index is 15.2. The Morgan fingerprint density at radius 3 is 2.76 bits per heavy atom. The molecule has 6 rings (SSSR count). The predicted molar refractivity (Wildman–Crippen MR) is 150 cm³/mol. The highest BCUT2D eigenvalue weighted by molar-refractivity contribution is 7.86. The van der Waals surface area contributed by atoms with Gasteiger partial charge in [-0.05, 0) is 68.6 Å². The van der Waals surface area contributed by atoms with Crippen molar-refractivity contribution in [3.05, 3.63) is 64.0 Å². The van der Waals surface area contributed by atoms with Crippen LogP contribution in [0.5, 0.6) is 11.5 Å². The quantitative estimate of drug-likeness (QED) is 0.433. The maximum absolute atomic E-state index is 15.2. The Morgan fingerprint density at radius 2 is 2.05 bits per heavy atom. The molecule has 0 amide bonds. The minimum absolute atomic E-state index is 0.0778. The molecule has 0 aliphatic carbocycles. The van der Waals surface area contributed by atoms with Gasteiger partial charge in [-0.2, -0.15) is 18.0 Å². The van der Waals surface area contributed by atoms with E-state index >= 15 is 4.39 Å². The number of nitrogens with two attached hydrogens (primary N) is 1. The second-order valence-corrected chi connectivity index (χ2v) is 12.5. The molecule has 3 aliphatic heterocycles. The number of rotatable bonds is 6. The lowest BCUT2D eigenvalue weighted by molar-refractivity contribution is -0.0196. The van der Waals surface area contributed by atoms with E-state index in [0.717, 1.165) is 36.3 Å². The molecule has 3 atom stereocenters. The van der Waals surface area contributed by atoms with Gasteiger partial charge in [0.05, 0.1) is 47.6 Å². The molecule has 0 saturated carbocycles. The van der Waals surface area contributed by atoms with Crippen LogP contribution in [0.2, 0.25) is 0 Å². The van der Waals surface area contributed by atoms with Gasteiger partial charge in [0.25, 0.3) is 15.8 Å². The fourth-order valence-electron chi connectivity index (χ4n) is 6.44. The van der Waals surface area contributed by atoms with Crippen LogP contribution in [0, 0.1) is 17.1 Å². The van der Waals surface area contributed by atoms with Crippen molar-refractivity contribution < 1.29 is 27.0 Å². The number of hydrogen-bond acceptors (Lipinski definition) is 9. The zero-order chi connectivity index (χ0) is 29.6. The lowest BCUT2D eigenvalue weighted by Crippen LogP contribution is -2.41. The molecular weight excluding hydrogens is 567 g/mol. The summed E-state index contributed by atoms with van der Waals surface area (Å²) in [5.41, 5.74) is -0.0864. The molecule has 0 bridgehead atoms. The Labute approximate surface area is 242 Å². The Balaban J connectivity index is 1.35. The van der Waals surface area contributed by atoms with E-state index in [2.05, 4.69) is 10.3 Å². The highest BCUT2D eigenvalue weighted by atomic mass is 32.2. The van der Waals surface area contributed by atoms with Gasteiger partial charge < -0.3 is 19.5 Å². The summed E-state index contributed by atoms with van der Waals surface area (Å²) in [6.07, 6.45) is 3.72. The maximum Gasteiger partial charge on any atom is 0.277 e. The van der Waals surface area contributed by atoms with Crippen LogP contribution < -0.4 is 20.8 Å². The minimum atomic E-state index is -4.15. The van der Waals surface area contributed by atoms with Gasteiger partial charge in [-0.3, -0.25) is 9.36 Å². The molecule has 3 fully saturated rings. The summed E-state index contributed by atoms with van der Waals surface area (Å²) >= 11 is 0. The third-order valence-electron chi connectivity index (χ3n) is 8.57. The molecule has 3 aliphatic rings. The Morgan fingerprint density at radius 1 is 1.26 bits per heavy atom. The summed E-state index contributed by atoms with van der Waals surface area (Å²) in [6.45, 7) is 2.22. The monoisotopic (exact) mass is 598 g/mol. The molecule has 2 aromatic carbocycles. The molecule has 0 radical (unpaired) electrons. The Bertz CT molecular complexity index is 1740. The number of piperidine rings is 1. The zero-order valence-electron chi connectivity index (χ0n) is 23.0. The molecule has 1 aromatic heterocycles. The van der Waals surface area contributed by atoms with Gasteiger partial charge in [0, 0.05) is 13.7 Å². The second-order valence-electron chi connectivity index (χ2n) is 11.0. The summed E-state index contributed by atoms with van der Waals surface area (Å²) in [5.74, 6) is -1.11. The molecule has 42 heavy (non-hydrogen) atoms. The van der Waals surface area contributed by atoms with E-state index in [0.29, 0.717) is 25.0 Å². The van der Waals surface area contributed by atoms with Crippen molar-refractivity contribution in [2.75, 3.05) is 33.4 Å². The summed E-state index contributed by atoms with van der Waals surface area (Å²) in [5, 5.41) is 19.1. The molecule has 3 saturated heterocycles. The fourth-order valence-corrected chi connectivity index (χ4v) is 7.37. The number of nitriles is 1. The number of fused-ring (bicyclic) bond motifs is 1. The van der Waals surface area contributed by atoms with Gasteiger partial charge in [0.15, 0.2) is 11.6 Å². The number of nitrogens with zero attached hydrogens (tertiary/aromatic N) is 4. The van der Waals surface area contributed by atoms with Crippen molar-refractivity contribution >= 4 is 21.1 Å². The van der Waals surface area contributed by atoms with E-state index in [1.807, 2.05) is 6.07 Å². The highest BCUT2D eigenvalue weighted by Gasteiger charge is 2.43. The first-order valence-electron chi connectivity index (χ1n) is 13.7. The summed E-state index contributed by atoms with van der Waals surface area (Å²) in [4.78, 5) is 18.1. The molecule has 3 N–H and O–H groups in total. The van der Waals surface area contributed by atoms with Crippen LogP contribution in [-0.2, 0) is 19.7 Å². The van der Waals surface area contributed by atoms with Gasteiger partial charge in [-0.15, -0.1) is 0 Å². The van der Waals surface area contributed by atoms with Gasteiger partial charge in [-0.25, -0.2) is 14.5 Å². The SMILES string of the molecule is COC1CCN(S(N)(=O)=O)C1c1ccc(F)c(Oc2ccc3ncn([C@H]4COC5(CCNCC5)C4)c(=O)c3c2)c1C#N. The summed E-state index contributed by atoms with van der Waals surface area (Å²) in [6, 6.07) is 7.86. The van der Waals surface area contributed by atoms with Crippen molar-refractivity contribution in [2.45, 2.75) is 49.5 Å². The van der Waals surface area contributed by atoms with E-state index < -0.39 is 33.9 Å². The van der Waals surface area contributed by atoms with Crippen LogP contribution in [-0.4, -0.2) is 67.3 Å². The summed E-state index contributed by atoms with van der Waals surface area (Å²) in [7, 11) is -2.72. The number of hydrogen-bond donors (Lipinski definition) is 2. The number of halogens is 1. The van der Waals surface area contributed by atoms with Crippen LogP contribution in [0.3, 0.4) is 0 Å². The van der Waals surface area contributed by atoms with Crippen molar-refractivity contribution in [3.63, 3.8) is 0 Å². The van der Waals surface area contributed by atoms with Crippen molar-refractivity contribution in [2.24, 2.45) is 5.14 Å².